The molecule has 1 aromatic rings. The first-order chi connectivity index (χ1) is 7.16. The van der Waals surface area contributed by atoms with Gasteiger partial charge in [0.15, 0.2) is 5.78 Å². The summed E-state index contributed by atoms with van der Waals surface area (Å²) in [7, 11) is 0. The molecule has 3 nitrogen and oxygen atoms in total. The van der Waals surface area contributed by atoms with Crippen LogP contribution >= 0.6 is 0 Å². The number of Topliss-reactive ketones (excluding diaryl/α,β-unsaturated/α-hetero) is 1. The van der Waals surface area contributed by atoms with E-state index in [-0.39, 0.29) is 42.3 Å². The number of unbranched alkanes of at least 4 members (excludes halogenated alkanes) is 1. The Morgan fingerprint density at radius 2 is 1.81 bits per heavy atom. The van der Waals surface area contributed by atoms with Crippen LogP contribution in [-0.2, 0) is 0 Å². The van der Waals surface area contributed by atoms with Crippen LogP contribution in [-0.4, -0.2) is 16.9 Å². The average molecular weight is 230 g/mol. The fourth-order valence-corrected chi connectivity index (χ4v) is 1.38. The Balaban J connectivity index is 0. The van der Waals surface area contributed by atoms with E-state index in [1.165, 1.54) is 6.07 Å². The van der Waals surface area contributed by atoms with Gasteiger partial charge in [-0.05, 0) is 12.5 Å². The Bertz CT molecular complexity index is 380. The molecule has 1 rings (SSSR count). The fraction of sp³-hybridized carbons (Fsp3) is 0.333. The molecule has 0 saturated carbocycles. The van der Waals surface area contributed by atoms with E-state index in [1.54, 1.807) is 18.2 Å². The average Bonchev–Trinajstić information content (AvgIpc) is 2.25. The van der Waals surface area contributed by atoms with Crippen molar-refractivity contribution in [3.05, 3.63) is 35.4 Å². The van der Waals surface area contributed by atoms with Crippen molar-refractivity contribution in [2.45, 2.75) is 26.2 Å². The van der Waals surface area contributed by atoms with E-state index in [1.807, 2.05) is 6.92 Å². The van der Waals surface area contributed by atoms with Gasteiger partial charge in [-0.2, -0.15) is 0 Å². The Kier molecular flexibility index (Phi) is 7.30. The summed E-state index contributed by atoms with van der Waals surface area (Å²) in [5.74, 6) is -1.13. The third-order valence-corrected chi connectivity index (χ3v) is 2.22. The number of hydrogen-bond acceptors (Lipinski definition) is 2. The summed E-state index contributed by atoms with van der Waals surface area (Å²) in [6, 6.07) is 6.34. The standard InChI is InChI=1S/C12H14O3.Na.H/c1-2-3-8-11(13)9-6-4-5-7-10(9)12(14)15;;/h4-7H,2-3,8H2,1H3,(H,14,15);;/q;+1;-1. The van der Waals surface area contributed by atoms with Crippen molar-refractivity contribution < 1.29 is 45.7 Å². The summed E-state index contributed by atoms with van der Waals surface area (Å²) in [4.78, 5) is 22.5. The summed E-state index contributed by atoms with van der Waals surface area (Å²) < 4.78 is 0. The SMILES string of the molecule is CCCCC(=O)c1ccccc1C(=O)O.[H-].[Na+]. The van der Waals surface area contributed by atoms with Gasteiger partial charge in [-0.25, -0.2) is 4.79 Å². The Morgan fingerprint density at radius 3 is 2.31 bits per heavy atom. The zero-order valence-corrected chi connectivity index (χ0v) is 11.7. The molecule has 1 aromatic carbocycles. The number of carbonyl (C=O) groups is 2. The van der Waals surface area contributed by atoms with Gasteiger partial charge >= 0.3 is 35.5 Å². The van der Waals surface area contributed by atoms with Crippen LogP contribution in [0.5, 0.6) is 0 Å². The molecule has 0 aliphatic rings. The van der Waals surface area contributed by atoms with Crippen molar-refractivity contribution in [1.82, 2.24) is 0 Å². The first-order valence-corrected chi connectivity index (χ1v) is 5.02. The molecule has 4 heteroatoms. The maximum absolute atomic E-state index is 11.7. The molecule has 0 bridgehead atoms. The molecule has 0 heterocycles. The number of aromatic carboxylic acids is 1. The maximum atomic E-state index is 11.7. The monoisotopic (exact) mass is 230 g/mol. The summed E-state index contributed by atoms with van der Waals surface area (Å²) in [6.07, 6.45) is 2.15. The molecule has 0 radical (unpaired) electrons. The molecule has 0 aromatic heterocycles. The number of hydrogen-bond donors (Lipinski definition) is 1. The Morgan fingerprint density at radius 1 is 1.25 bits per heavy atom. The molecule has 0 aliphatic heterocycles. The van der Waals surface area contributed by atoms with Gasteiger partial charge in [-0.1, -0.05) is 31.5 Å². The second kappa shape index (κ2) is 7.60. The molecule has 0 amide bonds. The van der Waals surface area contributed by atoms with Gasteiger partial charge in [0.2, 0.25) is 0 Å². The molecule has 16 heavy (non-hydrogen) atoms. The molecule has 1 N–H and O–H groups in total. The van der Waals surface area contributed by atoms with E-state index >= 15 is 0 Å². The topological polar surface area (TPSA) is 54.4 Å². The minimum Gasteiger partial charge on any atom is -1.00 e. The summed E-state index contributed by atoms with van der Waals surface area (Å²) in [5, 5.41) is 8.89. The number of carboxylic acid groups (broad SMARTS) is 1. The molecule has 0 saturated heterocycles. The Labute approximate surface area is 119 Å². The van der Waals surface area contributed by atoms with Gasteiger partial charge in [0.25, 0.3) is 0 Å². The minimum atomic E-state index is -1.05. The molecule has 82 valence electrons. The van der Waals surface area contributed by atoms with Crippen molar-refractivity contribution in [2.24, 2.45) is 0 Å². The van der Waals surface area contributed by atoms with Crippen molar-refractivity contribution in [1.29, 1.82) is 0 Å². The number of ketones is 1. The van der Waals surface area contributed by atoms with E-state index in [0.29, 0.717) is 12.0 Å². The number of carbonyl (C=O) groups excluding carboxylic acids is 1. The summed E-state index contributed by atoms with van der Waals surface area (Å²) in [5.41, 5.74) is 0.414. The molecule has 0 atom stereocenters. The van der Waals surface area contributed by atoms with Crippen molar-refractivity contribution in [2.75, 3.05) is 0 Å². The largest absolute Gasteiger partial charge is 1.00 e. The van der Waals surface area contributed by atoms with Gasteiger partial charge in [0, 0.05) is 12.0 Å². The van der Waals surface area contributed by atoms with Crippen LogP contribution in [0.3, 0.4) is 0 Å². The van der Waals surface area contributed by atoms with Crippen molar-refractivity contribution in [3.63, 3.8) is 0 Å². The molecule has 0 aliphatic carbocycles. The maximum Gasteiger partial charge on any atom is 1.00 e. The predicted molar refractivity (Wildman–Crippen MR) is 58.4 cm³/mol. The van der Waals surface area contributed by atoms with Crippen LogP contribution in [0.1, 0.15) is 48.3 Å². The fourth-order valence-electron chi connectivity index (χ4n) is 1.38. The zero-order chi connectivity index (χ0) is 11.3. The zero-order valence-electron chi connectivity index (χ0n) is 10.7. The smallest absolute Gasteiger partial charge is 1.00 e. The third kappa shape index (κ3) is 4.08. The van der Waals surface area contributed by atoms with E-state index in [4.69, 9.17) is 5.11 Å². The Hall–Kier alpha value is -0.640. The molecular weight excluding hydrogens is 215 g/mol. The van der Waals surface area contributed by atoms with Gasteiger partial charge in [0.05, 0.1) is 5.56 Å². The summed E-state index contributed by atoms with van der Waals surface area (Å²) >= 11 is 0. The first kappa shape index (κ1) is 15.4. The number of benzene rings is 1. The molecule has 0 unspecified atom stereocenters. The molecular formula is C12H15NaO3. The second-order valence-corrected chi connectivity index (χ2v) is 3.38. The van der Waals surface area contributed by atoms with Crippen molar-refractivity contribution in [3.8, 4) is 0 Å². The third-order valence-electron chi connectivity index (χ3n) is 2.22. The van der Waals surface area contributed by atoms with Crippen molar-refractivity contribution >= 4 is 11.8 Å². The van der Waals surface area contributed by atoms with Crippen LogP contribution in [0.15, 0.2) is 24.3 Å². The van der Waals surface area contributed by atoms with E-state index in [9.17, 15) is 9.59 Å². The summed E-state index contributed by atoms with van der Waals surface area (Å²) in [6.45, 7) is 2.00. The van der Waals surface area contributed by atoms with Gasteiger partial charge in [-0.3, -0.25) is 4.79 Å². The number of rotatable bonds is 5. The normalized spacial score (nSPS) is 9.31. The molecule has 0 spiro atoms. The van der Waals surface area contributed by atoms with Crippen LogP contribution in [0.4, 0.5) is 0 Å². The van der Waals surface area contributed by atoms with Crippen LogP contribution in [0.2, 0.25) is 0 Å². The van der Waals surface area contributed by atoms with Gasteiger partial charge < -0.3 is 6.53 Å². The molecule has 0 fully saturated rings. The van der Waals surface area contributed by atoms with Gasteiger partial charge in [0.1, 0.15) is 0 Å². The quantitative estimate of drug-likeness (QED) is 0.566. The predicted octanol–water partition coefficient (Wildman–Crippen LogP) is -0.126. The van der Waals surface area contributed by atoms with E-state index in [2.05, 4.69) is 0 Å². The van der Waals surface area contributed by atoms with E-state index < -0.39 is 5.97 Å². The second-order valence-electron chi connectivity index (χ2n) is 3.38. The van der Waals surface area contributed by atoms with Crippen LogP contribution < -0.4 is 29.6 Å². The van der Waals surface area contributed by atoms with Crippen LogP contribution in [0, 0.1) is 0 Å². The van der Waals surface area contributed by atoms with E-state index in [0.717, 1.165) is 12.8 Å². The first-order valence-electron chi connectivity index (χ1n) is 5.02. The minimum absolute atomic E-state index is 0. The van der Waals surface area contributed by atoms with Crippen LogP contribution in [0.25, 0.3) is 0 Å². The van der Waals surface area contributed by atoms with Gasteiger partial charge in [-0.15, -0.1) is 0 Å². The number of carboxylic acids is 1.